The molecule has 0 saturated heterocycles. The molecule has 0 spiro atoms. The number of aromatic nitrogens is 1. The largest absolute Gasteiger partial charge is 0.496 e. The molecule has 1 heterocycles. The normalized spacial score (nSPS) is 10.5. The highest BCUT2D eigenvalue weighted by Gasteiger charge is 2.10. The van der Waals surface area contributed by atoms with Gasteiger partial charge >= 0.3 is 0 Å². The molecule has 0 radical (unpaired) electrons. The van der Waals surface area contributed by atoms with E-state index < -0.39 is 0 Å². The lowest BCUT2D eigenvalue weighted by molar-refractivity contribution is -0.121. The van der Waals surface area contributed by atoms with Crippen LogP contribution in [-0.2, 0) is 17.8 Å². The van der Waals surface area contributed by atoms with Crippen molar-refractivity contribution in [3.8, 4) is 16.9 Å². The molecule has 0 aliphatic rings. The van der Waals surface area contributed by atoms with Crippen molar-refractivity contribution in [2.45, 2.75) is 32.7 Å². The van der Waals surface area contributed by atoms with Crippen LogP contribution in [-0.4, -0.2) is 23.8 Å². The summed E-state index contributed by atoms with van der Waals surface area (Å²) in [5.74, 6) is 0.700. The first kappa shape index (κ1) is 21.2. The minimum absolute atomic E-state index is 0.0398. The van der Waals surface area contributed by atoms with Gasteiger partial charge in [0.25, 0.3) is 0 Å². The number of hydrogen-bond donors (Lipinski definition) is 1. The summed E-state index contributed by atoms with van der Waals surface area (Å²) >= 11 is 0. The maximum Gasteiger partial charge on any atom is 0.220 e. The van der Waals surface area contributed by atoms with E-state index in [1.807, 2.05) is 48.5 Å². The van der Waals surface area contributed by atoms with E-state index in [0.717, 1.165) is 34.4 Å². The number of aryl methyl sites for hydroxylation is 1. The summed E-state index contributed by atoms with van der Waals surface area (Å²) in [6.45, 7) is 2.51. The number of pyridine rings is 1. The SMILES string of the molecule is CCc1cc(-c2ccc(C(=O)CCC(=O)NCc3cccnc3)cc2)ccc1OC. The number of Topliss-reactive ketones (excluding diaryl/α,β-unsaturated/α-hetero) is 1. The molecule has 1 amide bonds. The lowest BCUT2D eigenvalue weighted by Crippen LogP contribution is -2.23. The first-order chi connectivity index (χ1) is 14.6. The first-order valence-corrected chi connectivity index (χ1v) is 10.1. The second kappa shape index (κ2) is 10.3. The number of ketones is 1. The van der Waals surface area contributed by atoms with Crippen LogP contribution in [0, 0.1) is 0 Å². The van der Waals surface area contributed by atoms with Gasteiger partial charge in [-0.1, -0.05) is 43.3 Å². The van der Waals surface area contributed by atoms with E-state index in [-0.39, 0.29) is 24.5 Å². The third-order valence-corrected chi connectivity index (χ3v) is 4.99. The molecule has 0 bridgehead atoms. The van der Waals surface area contributed by atoms with Crippen LogP contribution in [0.2, 0.25) is 0 Å². The Balaban J connectivity index is 1.55. The van der Waals surface area contributed by atoms with Crippen LogP contribution in [0.1, 0.15) is 41.3 Å². The Morgan fingerprint density at radius 2 is 1.77 bits per heavy atom. The summed E-state index contributed by atoms with van der Waals surface area (Å²) in [7, 11) is 1.67. The average Bonchev–Trinajstić information content (AvgIpc) is 2.81. The molecule has 3 rings (SSSR count). The fraction of sp³-hybridized carbons (Fsp3) is 0.240. The Bertz CT molecular complexity index is 999. The number of methoxy groups -OCH3 is 1. The maximum atomic E-state index is 12.4. The Morgan fingerprint density at radius 1 is 1.00 bits per heavy atom. The van der Waals surface area contributed by atoms with Gasteiger partial charge in [0.1, 0.15) is 5.75 Å². The van der Waals surface area contributed by atoms with E-state index in [9.17, 15) is 9.59 Å². The summed E-state index contributed by atoms with van der Waals surface area (Å²) in [6.07, 6.45) is 4.63. The number of carbonyl (C=O) groups excluding carboxylic acids is 2. The van der Waals surface area contributed by atoms with Crippen molar-refractivity contribution in [3.05, 3.63) is 83.7 Å². The second-order valence-electron chi connectivity index (χ2n) is 7.02. The molecule has 0 fully saturated rings. The van der Waals surface area contributed by atoms with Crippen molar-refractivity contribution in [1.29, 1.82) is 0 Å². The molecule has 5 nitrogen and oxygen atoms in total. The van der Waals surface area contributed by atoms with E-state index in [1.165, 1.54) is 0 Å². The van der Waals surface area contributed by atoms with Gasteiger partial charge in [-0.3, -0.25) is 14.6 Å². The van der Waals surface area contributed by atoms with Crippen LogP contribution in [0.15, 0.2) is 67.0 Å². The molecule has 3 aromatic rings. The van der Waals surface area contributed by atoms with Crippen molar-refractivity contribution in [1.82, 2.24) is 10.3 Å². The van der Waals surface area contributed by atoms with Gasteiger partial charge in [0.2, 0.25) is 5.91 Å². The molecule has 0 aliphatic carbocycles. The molecule has 0 atom stereocenters. The highest BCUT2D eigenvalue weighted by atomic mass is 16.5. The van der Waals surface area contributed by atoms with Crippen LogP contribution >= 0.6 is 0 Å². The minimum atomic E-state index is -0.144. The third-order valence-electron chi connectivity index (χ3n) is 4.99. The van der Waals surface area contributed by atoms with E-state index >= 15 is 0 Å². The van der Waals surface area contributed by atoms with Gasteiger partial charge in [-0.2, -0.15) is 0 Å². The second-order valence-corrected chi connectivity index (χ2v) is 7.02. The van der Waals surface area contributed by atoms with Crippen molar-refractivity contribution < 1.29 is 14.3 Å². The Morgan fingerprint density at radius 3 is 2.43 bits per heavy atom. The van der Waals surface area contributed by atoms with Crippen LogP contribution in [0.4, 0.5) is 0 Å². The van der Waals surface area contributed by atoms with Crippen LogP contribution in [0.3, 0.4) is 0 Å². The number of carbonyl (C=O) groups is 2. The van der Waals surface area contributed by atoms with Gasteiger partial charge < -0.3 is 10.1 Å². The summed E-state index contributed by atoms with van der Waals surface area (Å²) in [5.41, 5.74) is 4.81. The van der Waals surface area contributed by atoms with E-state index in [1.54, 1.807) is 19.5 Å². The smallest absolute Gasteiger partial charge is 0.220 e. The van der Waals surface area contributed by atoms with E-state index in [0.29, 0.717) is 12.1 Å². The van der Waals surface area contributed by atoms with Gasteiger partial charge in [0, 0.05) is 37.3 Å². The molecule has 154 valence electrons. The molecule has 0 unspecified atom stereocenters. The van der Waals surface area contributed by atoms with Gasteiger partial charge in [-0.15, -0.1) is 0 Å². The summed E-state index contributed by atoms with van der Waals surface area (Å²) in [4.78, 5) is 28.5. The predicted octanol–water partition coefficient (Wildman–Crippen LogP) is 4.60. The lowest BCUT2D eigenvalue weighted by Gasteiger charge is -2.10. The first-order valence-electron chi connectivity index (χ1n) is 10.1. The average molecular weight is 402 g/mol. The van der Waals surface area contributed by atoms with Crippen molar-refractivity contribution in [2.75, 3.05) is 7.11 Å². The number of amides is 1. The lowest BCUT2D eigenvalue weighted by atomic mass is 9.98. The summed E-state index contributed by atoms with van der Waals surface area (Å²) < 4.78 is 5.39. The minimum Gasteiger partial charge on any atom is -0.496 e. The number of benzene rings is 2. The predicted molar refractivity (Wildman–Crippen MR) is 117 cm³/mol. The highest BCUT2D eigenvalue weighted by Crippen LogP contribution is 2.27. The molecule has 1 aromatic heterocycles. The van der Waals surface area contributed by atoms with Crippen LogP contribution in [0.5, 0.6) is 5.75 Å². The molecule has 5 heteroatoms. The fourth-order valence-electron chi connectivity index (χ4n) is 3.25. The van der Waals surface area contributed by atoms with Crippen LogP contribution in [0.25, 0.3) is 11.1 Å². The van der Waals surface area contributed by atoms with Gasteiger partial charge in [-0.05, 0) is 46.9 Å². The fourth-order valence-corrected chi connectivity index (χ4v) is 3.25. The quantitative estimate of drug-likeness (QED) is 0.531. The zero-order valence-electron chi connectivity index (χ0n) is 17.4. The van der Waals surface area contributed by atoms with Crippen molar-refractivity contribution >= 4 is 11.7 Å². The number of rotatable bonds is 9. The maximum absolute atomic E-state index is 12.4. The molecule has 0 aliphatic heterocycles. The van der Waals surface area contributed by atoms with Crippen molar-refractivity contribution in [3.63, 3.8) is 0 Å². The van der Waals surface area contributed by atoms with Gasteiger partial charge in [0.05, 0.1) is 7.11 Å². The zero-order valence-corrected chi connectivity index (χ0v) is 17.4. The number of ether oxygens (including phenoxy) is 1. The Hall–Kier alpha value is -3.47. The molecule has 30 heavy (non-hydrogen) atoms. The third kappa shape index (κ3) is 5.54. The number of nitrogens with zero attached hydrogens (tertiary/aromatic N) is 1. The van der Waals surface area contributed by atoms with Gasteiger partial charge in [-0.25, -0.2) is 0 Å². The monoisotopic (exact) mass is 402 g/mol. The van der Waals surface area contributed by atoms with Crippen molar-refractivity contribution in [2.24, 2.45) is 0 Å². The standard InChI is InChI=1S/C25H26N2O3/c1-3-19-15-22(10-12-24(19)30-2)20-6-8-21(9-7-20)23(28)11-13-25(29)27-17-18-5-4-14-26-16-18/h4-10,12,14-16H,3,11,13,17H2,1-2H3,(H,27,29). The van der Waals surface area contributed by atoms with E-state index in [2.05, 4.69) is 23.3 Å². The molecular weight excluding hydrogens is 376 g/mol. The molecule has 0 saturated carbocycles. The van der Waals surface area contributed by atoms with E-state index in [4.69, 9.17) is 4.74 Å². The summed E-state index contributed by atoms with van der Waals surface area (Å²) in [6, 6.07) is 17.3. The Labute approximate surface area is 177 Å². The molecule has 2 aromatic carbocycles. The molecular formula is C25H26N2O3. The summed E-state index contributed by atoms with van der Waals surface area (Å²) in [5, 5.41) is 2.82. The molecule has 1 N–H and O–H groups in total. The van der Waals surface area contributed by atoms with Crippen LogP contribution < -0.4 is 10.1 Å². The Kier molecular flexibility index (Phi) is 7.33. The van der Waals surface area contributed by atoms with Gasteiger partial charge in [0.15, 0.2) is 5.78 Å². The number of nitrogens with one attached hydrogen (secondary N) is 1. The topological polar surface area (TPSA) is 68.3 Å². The number of hydrogen-bond acceptors (Lipinski definition) is 4. The zero-order chi connectivity index (χ0) is 21.3. The highest BCUT2D eigenvalue weighted by molar-refractivity contribution is 5.98.